The average molecular weight is 717 g/mol. The minimum absolute atomic E-state index is 0.0607. The number of hydrogen-bond acceptors (Lipinski definition) is 4. The van der Waals surface area contributed by atoms with Crippen molar-refractivity contribution in [2.45, 2.75) is 12.5 Å². The van der Waals surface area contributed by atoms with E-state index in [0.717, 1.165) is 101 Å². The maximum Gasteiger partial charge on any atom is 0.139 e. The van der Waals surface area contributed by atoms with Gasteiger partial charge in [0.15, 0.2) is 0 Å². The van der Waals surface area contributed by atoms with Crippen LogP contribution in [0.5, 0.6) is 5.75 Å². The predicted octanol–water partition coefficient (Wildman–Crippen LogP) is 13.0. The Bertz CT molecular complexity index is 3230. The highest BCUT2D eigenvalue weighted by molar-refractivity contribution is 6.23. The molecule has 1 unspecified atom stereocenters. The lowest BCUT2D eigenvalue weighted by Crippen LogP contribution is -2.21. The zero-order valence-corrected chi connectivity index (χ0v) is 30.2. The molecule has 2 aliphatic rings. The second kappa shape index (κ2) is 12.1. The number of fused-ring (bicyclic) bond motifs is 12. The zero-order chi connectivity index (χ0) is 36.7. The van der Waals surface area contributed by atoms with E-state index in [1.165, 1.54) is 21.9 Å². The van der Waals surface area contributed by atoms with Crippen LogP contribution in [-0.2, 0) is 6.42 Å². The van der Waals surface area contributed by atoms with E-state index in [0.29, 0.717) is 0 Å². The average Bonchev–Trinajstić information content (AvgIpc) is 3.84. The number of nitrogens with zero attached hydrogens (tertiary/aromatic N) is 2. The fourth-order valence-corrected chi connectivity index (χ4v) is 9.04. The van der Waals surface area contributed by atoms with Crippen molar-refractivity contribution in [2.75, 3.05) is 0 Å². The SMILES string of the molecule is c1cc(C2=C3c4ccccc4OC3Cc3c2oc2ccccc32)cc(-c2ccc(-c3cccc(-c4cnc5c6ccccc6c6ccccc6c5n4)c3)cc2)c1. The summed E-state index contributed by atoms with van der Waals surface area (Å²) in [6.45, 7) is 0. The Labute approximate surface area is 323 Å². The fourth-order valence-electron chi connectivity index (χ4n) is 9.04. The molecule has 0 radical (unpaired) electrons. The predicted molar refractivity (Wildman–Crippen MR) is 228 cm³/mol. The van der Waals surface area contributed by atoms with Gasteiger partial charge in [0.05, 0.1) is 22.9 Å². The molecule has 3 heterocycles. The summed E-state index contributed by atoms with van der Waals surface area (Å²) in [5.41, 5.74) is 15.0. The molecule has 4 heteroatoms. The molecule has 262 valence electrons. The van der Waals surface area contributed by atoms with Gasteiger partial charge < -0.3 is 9.15 Å². The van der Waals surface area contributed by atoms with Crippen LogP contribution in [0.25, 0.3) is 88.2 Å². The second-order valence-corrected chi connectivity index (χ2v) is 14.8. The van der Waals surface area contributed by atoms with E-state index in [4.69, 9.17) is 19.1 Å². The van der Waals surface area contributed by atoms with E-state index < -0.39 is 0 Å². The van der Waals surface area contributed by atoms with E-state index in [1.807, 2.05) is 18.3 Å². The summed E-state index contributed by atoms with van der Waals surface area (Å²) in [7, 11) is 0. The zero-order valence-electron chi connectivity index (χ0n) is 30.2. The first-order chi connectivity index (χ1) is 27.7. The third-order valence-corrected chi connectivity index (χ3v) is 11.6. The van der Waals surface area contributed by atoms with Gasteiger partial charge in [0.25, 0.3) is 0 Å². The summed E-state index contributed by atoms with van der Waals surface area (Å²) in [6, 6.07) is 60.0. The first-order valence-corrected chi connectivity index (χ1v) is 19.1. The Morgan fingerprint density at radius 2 is 1.07 bits per heavy atom. The molecule has 0 amide bonds. The molecular formula is C52H32N2O2. The van der Waals surface area contributed by atoms with Crippen molar-refractivity contribution < 1.29 is 9.15 Å². The molecule has 0 fully saturated rings. The number of ether oxygens (including phenoxy) is 1. The summed E-state index contributed by atoms with van der Waals surface area (Å²) in [5.74, 6) is 1.88. The molecule has 56 heavy (non-hydrogen) atoms. The van der Waals surface area contributed by atoms with Crippen molar-refractivity contribution >= 4 is 54.7 Å². The van der Waals surface area contributed by atoms with Crippen LogP contribution >= 0.6 is 0 Å². The highest BCUT2D eigenvalue weighted by atomic mass is 16.5. The molecule has 1 atom stereocenters. The van der Waals surface area contributed by atoms with Crippen molar-refractivity contribution in [3.63, 3.8) is 0 Å². The van der Waals surface area contributed by atoms with Crippen LogP contribution in [-0.4, -0.2) is 16.1 Å². The van der Waals surface area contributed by atoms with Crippen LogP contribution in [0.2, 0.25) is 0 Å². The number of benzene rings is 8. The number of furan rings is 1. The topological polar surface area (TPSA) is 48.2 Å². The molecule has 0 saturated heterocycles. The van der Waals surface area contributed by atoms with Gasteiger partial charge in [-0.3, -0.25) is 4.98 Å². The molecule has 0 N–H and O–H groups in total. The Kier molecular flexibility index (Phi) is 6.72. The Balaban J connectivity index is 0.913. The van der Waals surface area contributed by atoms with E-state index in [-0.39, 0.29) is 6.10 Å². The normalized spacial score (nSPS) is 14.6. The summed E-state index contributed by atoms with van der Waals surface area (Å²) >= 11 is 0. The number of aromatic nitrogens is 2. The lowest BCUT2D eigenvalue weighted by Gasteiger charge is -2.23. The summed E-state index contributed by atoms with van der Waals surface area (Å²) in [5, 5.41) is 5.79. The van der Waals surface area contributed by atoms with Crippen LogP contribution in [0.3, 0.4) is 0 Å². The minimum Gasteiger partial charge on any atom is -0.485 e. The van der Waals surface area contributed by atoms with E-state index in [1.54, 1.807) is 0 Å². The lowest BCUT2D eigenvalue weighted by molar-refractivity contribution is 0.275. The van der Waals surface area contributed by atoms with Crippen molar-refractivity contribution in [1.29, 1.82) is 0 Å². The Morgan fingerprint density at radius 3 is 1.82 bits per heavy atom. The van der Waals surface area contributed by atoms with Gasteiger partial charge in [-0.05, 0) is 62.9 Å². The standard InChI is InChI=1S/C52H32N2O2/c1-3-18-40-37(15-1)38-16-2-4-19-41(38)51-50(40)53-30-44(54-51)35-13-9-11-33(27-35)31-23-25-32(26-24-31)34-12-10-14-36(28-34)48-49-42-20-6-8-22-46(42)55-47(49)29-43-39-17-5-7-21-45(39)56-52(43)48/h1-28,30,47H,29H2. The van der Waals surface area contributed by atoms with Crippen molar-refractivity contribution in [1.82, 2.24) is 9.97 Å². The maximum absolute atomic E-state index is 6.67. The molecule has 0 spiro atoms. The largest absolute Gasteiger partial charge is 0.485 e. The monoisotopic (exact) mass is 716 g/mol. The maximum atomic E-state index is 6.67. The van der Waals surface area contributed by atoms with Gasteiger partial charge in [-0.2, -0.15) is 0 Å². The molecule has 10 aromatic rings. The van der Waals surface area contributed by atoms with Gasteiger partial charge >= 0.3 is 0 Å². The van der Waals surface area contributed by atoms with Crippen LogP contribution in [0.1, 0.15) is 22.5 Å². The van der Waals surface area contributed by atoms with Crippen LogP contribution in [0, 0.1) is 0 Å². The smallest absolute Gasteiger partial charge is 0.139 e. The summed E-state index contributed by atoms with van der Waals surface area (Å²) in [6.07, 6.45) is 2.63. The number of rotatable bonds is 4. The van der Waals surface area contributed by atoms with Gasteiger partial charge in [0, 0.05) is 50.4 Å². The second-order valence-electron chi connectivity index (χ2n) is 14.8. The fraction of sp³-hybridized carbons (Fsp3) is 0.0385. The summed E-state index contributed by atoms with van der Waals surface area (Å²) in [4.78, 5) is 10.2. The molecule has 12 rings (SSSR count). The molecule has 1 aliphatic heterocycles. The van der Waals surface area contributed by atoms with Gasteiger partial charge in [-0.25, -0.2) is 4.98 Å². The molecule has 2 aromatic heterocycles. The highest BCUT2D eigenvalue weighted by Crippen LogP contribution is 2.51. The van der Waals surface area contributed by atoms with Crippen LogP contribution in [0.4, 0.5) is 0 Å². The van der Waals surface area contributed by atoms with E-state index in [9.17, 15) is 0 Å². The highest BCUT2D eigenvalue weighted by Gasteiger charge is 2.39. The quantitative estimate of drug-likeness (QED) is 0.170. The summed E-state index contributed by atoms with van der Waals surface area (Å²) < 4.78 is 13.3. The molecule has 8 aromatic carbocycles. The van der Waals surface area contributed by atoms with Gasteiger partial charge in [0.1, 0.15) is 23.2 Å². The molecule has 0 saturated carbocycles. The van der Waals surface area contributed by atoms with Crippen LogP contribution < -0.4 is 4.74 Å². The van der Waals surface area contributed by atoms with E-state index >= 15 is 0 Å². The Morgan fingerprint density at radius 1 is 0.482 bits per heavy atom. The van der Waals surface area contributed by atoms with Crippen molar-refractivity contribution in [2.24, 2.45) is 0 Å². The molecular weight excluding hydrogens is 685 g/mol. The van der Waals surface area contributed by atoms with E-state index in [2.05, 4.69) is 158 Å². The molecule has 4 nitrogen and oxygen atoms in total. The third-order valence-electron chi connectivity index (χ3n) is 11.6. The first kappa shape index (κ1) is 31.1. The number of hydrogen-bond donors (Lipinski definition) is 0. The van der Waals surface area contributed by atoms with Crippen LogP contribution in [0.15, 0.2) is 180 Å². The number of para-hydroxylation sites is 2. The molecule has 0 bridgehead atoms. The Hall–Kier alpha value is -7.30. The van der Waals surface area contributed by atoms with Gasteiger partial charge in [-0.1, -0.05) is 146 Å². The van der Waals surface area contributed by atoms with Crippen molar-refractivity contribution in [3.8, 4) is 39.3 Å². The van der Waals surface area contributed by atoms with Gasteiger partial charge in [-0.15, -0.1) is 0 Å². The van der Waals surface area contributed by atoms with Gasteiger partial charge in [0.2, 0.25) is 0 Å². The minimum atomic E-state index is -0.0607. The third kappa shape index (κ3) is 4.72. The molecule has 1 aliphatic carbocycles. The lowest BCUT2D eigenvalue weighted by atomic mass is 9.81. The van der Waals surface area contributed by atoms with Crippen molar-refractivity contribution in [3.05, 3.63) is 199 Å². The first-order valence-electron chi connectivity index (χ1n) is 19.1.